The van der Waals surface area contributed by atoms with Gasteiger partial charge in [0.05, 0.1) is 6.61 Å². The maximum Gasteiger partial charge on any atom is 0.226 e. The highest BCUT2D eigenvalue weighted by molar-refractivity contribution is 5.32. The Kier molecular flexibility index (Phi) is 5.21. The van der Waals surface area contributed by atoms with Crippen LogP contribution in [0, 0.1) is 18.8 Å². The Hall–Kier alpha value is -1.32. The molecule has 2 unspecified atom stereocenters. The highest BCUT2D eigenvalue weighted by Gasteiger charge is 2.24. The summed E-state index contributed by atoms with van der Waals surface area (Å²) in [4.78, 5) is 8.95. The summed E-state index contributed by atoms with van der Waals surface area (Å²) in [6, 6.07) is 2.38. The van der Waals surface area contributed by atoms with Crippen LogP contribution in [0.25, 0.3) is 0 Å². The van der Waals surface area contributed by atoms with Gasteiger partial charge in [-0.1, -0.05) is 20.8 Å². The molecule has 1 saturated carbocycles. The number of rotatable bonds is 5. The van der Waals surface area contributed by atoms with Crippen LogP contribution < -0.4 is 10.1 Å². The zero-order chi connectivity index (χ0) is 14.5. The van der Waals surface area contributed by atoms with Gasteiger partial charge in [0.25, 0.3) is 0 Å². The molecule has 112 valence electrons. The summed E-state index contributed by atoms with van der Waals surface area (Å²) in [5, 5.41) is 3.50. The smallest absolute Gasteiger partial charge is 0.226 e. The predicted molar refractivity (Wildman–Crippen MR) is 82.1 cm³/mol. The largest absolute Gasteiger partial charge is 0.478 e. The minimum atomic E-state index is 0.481. The molecule has 4 nitrogen and oxygen atoms in total. The fourth-order valence-electron chi connectivity index (χ4n) is 3.13. The van der Waals surface area contributed by atoms with Gasteiger partial charge in [-0.25, -0.2) is 4.98 Å². The summed E-state index contributed by atoms with van der Waals surface area (Å²) < 4.78 is 5.62. The minimum absolute atomic E-state index is 0.481. The highest BCUT2D eigenvalue weighted by Crippen LogP contribution is 2.30. The van der Waals surface area contributed by atoms with E-state index in [4.69, 9.17) is 4.74 Å². The number of nitrogens with one attached hydrogen (secondary N) is 1. The van der Waals surface area contributed by atoms with Crippen LogP contribution >= 0.6 is 0 Å². The van der Waals surface area contributed by atoms with Gasteiger partial charge < -0.3 is 10.1 Å². The van der Waals surface area contributed by atoms with Gasteiger partial charge >= 0.3 is 0 Å². The van der Waals surface area contributed by atoms with Crippen molar-refractivity contribution in [2.45, 2.75) is 59.4 Å². The maximum atomic E-state index is 5.62. The van der Waals surface area contributed by atoms with Gasteiger partial charge in [-0.2, -0.15) is 4.98 Å². The molecule has 0 radical (unpaired) electrons. The third kappa shape index (κ3) is 4.36. The molecule has 20 heavy (non-hydrogen) atoms. The normalized spacial score (nSPS) is 26.3. The van der Waals surface area contributed by atoms with E-state index in [-0.39, 0.29) is 0 Å². The first-order valence-corrected chi connectivity index (χ1v) is 7.81. The summed E-state index contributed by atoms with van der Waals surface area (Å²) in [6.45, 7) is 9.44. The molecule has 1 aromatic heterocycles. The first kappa shape index (κ1) is 15.1. The van der Waals surface area contributed by atoms with Crippen molar-refractivity contribution in [3.8, 4) is 5.88 Å². The first-order valence-electron chi connectivity index (χ1n) is 7.81. The summed E-state index contributed by atoms with van der Waals surface area (Å²) in [5.74, 6) is 2.94. The fraction of sp³-hybridized carbons (Fsp3) is 0.750. The molecule has 1 aliphatic carbocycles. The molecule has 0 saturated heterocycles. The lowest BCUT2D eigenvalue weighted by molar-refractivity contribution is 0.279. The average Bonchev–Trinajstić information content (AvgIpc) is 2.34. The first-order chi connectivity index (χ1) is 9.56. The molecule has 4 heteroatoms. The topological polar surface area (TPSA) is 47.0 Å². The molecular formula is C16H27N3O. The number of hydrogen-bond donors (Lipinski definition) is 1. The van der Waals surface area contributed by atoms with E-state index in [1.807, 2.05) is 13.0 Å². The molecule has 0 spiro atoms. The zero-order valence-corrected chi connectivity index (χ0v) is 13.1. The lowest BCUT2D eigenvalue weighted by atomic mass is 9.80. The Labute approximate surface area is 122 Å². The van der Waals surface area contributed by atoms with E-state index >= 15 is 0 Å². The molecule has 1 fully saturated rings. The zero-order valence-electron chi connectivity index (χ0n) is 13.1. The summed E-state index contributed by atoms with van der Waals surface area (Å²) in [7, 11) is 0. The molecular weight excluding hydrogens is 250 g/mol. The Morgan fingerprint density at radius 2 is 1.90 bits per heavy atom. The van der Waals surface area contributed by atoms with Crippen molar-refractivity contribution in [1.82, 2.24) is 9.97 Å². The van der Waals surface area contributed by atoms with Gasteiger partial charge in [-0.15, -0.1) is 0 Å². The Balaban J connectivity index is 2.02. The second-order valence-corrected chi connectivity index (χ2v) is 6.28. The van der Waals surface area contributed by atoms with Crippen LogP contribution in [0.4, 0.5) is 5.95 Å². The lowest BCUT2D eigenvalue weighted by Crippen LogP contribution is -2.31. The third-order valence-electron chi connectivity index (χ3n) is 3.80. The van der Waals surface area contributed by atoms with E-state index in [1.54, 1.807) is 0 Å². The van der Waals surface area contributed by atoms with Crippen molar-refractivity contribution in [2.24, 2.45) is 11.8 Å². The molecule has 1 heterocycles. The van der Waals surface area contributed by atoms with E-state index in [2.05, 4.69) is 36.1 Å². The Bertz CT molecular complexity index is 426. The number of anilines is 1. The van der Waals surface area contributed by atoms with E-state index in [0.29, 0.717) is 24.5 Å². The summed E-state index contributed by atoms with van der Waals surface area (Å²) in [6.07, 6.45) is 4.72. The van der Waals surface area contributed by atoms with Crippen molar-refractivity contribution >= 4 is 5.95 Å². The van der Waals surface area contributed by atoms with E-state index in [1.165, 1.54) is 19.3 Å². The van der Waals surface area contributed by atoms with Gasteiger partial charge in [-0.05, 0) is 44.4 Å². The van der Waals surface area contributed by atoms with Crippen molar-refractivity contribution in [3.63, 3.8) is 0 Å². The summed E-state index contributed by atoms with van der Waals surface area (Å²) >= 11 is 0. The molecule has 0 aromatic carbocycles. The van der Waals surface area contributed by atoms with Crippen molar-refractivity contribution in [1.29, 1.82) is 0 Å². The van der Waals surface area contributed by atoms with Crippen molar-refractivity contribution < 1.29 is 4.74 Å². The van der Waals surface area contributed by atoms with Crippen molar-refractivity contribution in [2.75, 3.05) is 11.9 Å². The van der Waals surface area contributed by atoms with E-state index < -0.39 is 0 Å². The highest BCUT2D eigenvalue weighted by atomic mass is 16.5. The quantitative estimate of drug-likeness (QED) is 0.889. The van der Waals surface area contributed by atoms with Gasteiger partial charge in [0, 0.05) is 17.8 Å². The minimum Gasteiger partial charge on any atom is -0.478 e. The fourth-order valence-corrected chi connectivity index (χ4v) is 3.13. The monoisotopic (exact) mass is 277 g/mol. The number of nitrogens with zero attached hydrogens (tertiary/aromatic N) is 2. The molecule has 1 N–H and O–H groups in total. The predicted octanol–water partition coefficient (Wildman–Crippen LogP) is 3.81. The number of aryl methyl sites for hydroxylation is 1. The molecule has 0 amide bonds. The van der Waals surface area contributed by atoms with Crippen LogP contribution in [0.1, 0.15) is 52.1 Å². The number of aromatic nitrogens is 2. The second kappa shape index (κ2) is 6.91. The lowest BCUT2D eigenvalue weighted by Gasteiger charge is -2.32. The maximum absolute atomic E-state index is 5.62. The van der Waals surface area contributed by atoms with Crippen LogP contribution in [0.15, 0.2) is 6.07 Å². The molecule has 2 rings (SSSR count). The van der Waals surface area contributed by atoms with Crippen LogP contribution in [0.3, 0.4) is 0 Å². The van der Waals surface area contributed by atoms with Crippen molar-refractivity contribution in [3.05, 3.63) is 11.8 Å². The SMILES string of the molecule is CCCOc1cc(C)nc(NC2CC(C)CC(C)C2)n1. The van der Waals surface area contributed by atoms with Gasteiger partial charge in [-0.3, -0.25) is 0 Å². The van der Waals surface area contributed by atoms with Crippen LogP contribution in [0.2, 0.25) is 0 Å². The Morgan fingerprint density at radius 1 is 1.20 bits per heavy atom. The molecule has 1 aliphatic rings. The van der Waals surface area contributed by atoms with Gasteiger partial charge in [0.2, 0.25) is 11.8 Å². The molecule has 0 aliphatic heterocycles. The number of hydrogen-bond acceptors (Lipinski definition) is 4. The van der Waals surface area contributed by atoms with Gasteiger partial charge in [0.15, 0.2) is 0 Å². The Morgan fingerprint density at radius 3 is 2.55 bits per heavy atom. The average molecular weight is 277 g/mol. The van der Waals surface area contributed by atoms with Crippen LogP contribution in [-0.4, -0.2) is 22.6 Å². The molecule has 1 aromatic rings. The molecule has 2 atom stereocenters. The number of ether oxygens (including phenoxy) is 1. The summed E-state index contributed by atoms with van der Waals surface area (Å²) in [5.41, 5.74) is 0.950. The standard InChI is InChI=1S/C16H27N3O/c1-5-6-20-15-10-13(4)17-16(19-15)18-14-8-11(2)7-12(3)9-14/h10-12,14H,5-9H2,1-4H3,(H,17,18,19). The van der Waals surface area contributed by atoms with Gasteiger partial charge in [0.1, 0.15) is 0 Å². The van der Waals surface area contributed by atoms with E-state index in [0.717, 1.165) is 24.0 Å². The van der Waals surface area contributed by atoms with Crippen LogP contribution in [-0.2, 0) is 0 Å². The van der Waals surface area contributed by atoms with E-state index in [9.17, 15) is 0 Å². The molecule has 0 bridgehead atoms. The third-order valence-corrected chi connectivity index (χ3v) is 3.80. The van der Waals surface area contributed by atoms with Crippen LogP contribution in [0.5, 0.6) is 5.88 Å². The second-order valence-electron chi connectivity index (χ2n) is 6.28.